The Labute approximate surface area is 155 Å². The monoisotopic (exact) mass is 375 g/mol. The molecule has 0 unspecified atom stereocenters. The first-order valence-corrected chi connectivity index (χ1v) is 8.41. The van der Waals surface area contributed by atoms with E-state index < -0.39 is 23.1 Å². The topological polar surface area (TPSA) is 100 Å². The van der Waals surface area contributed by atoms with Crippen molar-refractivity contribution in [3.05, 3.63) is 64.3 Å². The highest BCUT2D eigenvalue weighted by Crippen LogP contribution is 2.12. The minimum Gasteiger partial charge on any atom is -0.481 e. The number of carboxylic acid groups (broad SMARTS) is 1. The number of carbonyl (C=O) groups is 2. The Kier molecular flexibility index (Phi) is 6.33. The molecule has 7 nitrogen and oxygen atoms in total. The average Bonchev–Trinajstić information content (AvgIpc) is 2.58. The van der Waals surface area contributed by atoms with Crippen LogP contribution in [0.15, 0.2) is 47.4 Å². The molecule has 2 aromatic rings. The van der Waals surface area contributed by atoms with Gasteiger partial charge in [-0.15, -0.1) is 0 Å². The Hall–Kier alpha value is -3.16. The Morgan fingerprint density at radius 1 is 1.19 bits per heavy atom. The Morgan fingerprint density at radius 2 is 1.85 bits per heavy atom. The number of aliphatic carboxylic acids is 1. The van der Waals surface area contributed by atoms with Gasteiger partial charge in [0.2, 0.25) is 0 Å². The van der Waals surface area contributed by atoms with Gasteiger partial charge in [0.1, 0.15) is 11.5 Å². The van der Waals surface area contributed by atoms with Crippen molar-refractivity contribution >= 4 is 17.7 Å². The first kappa shape index (κ1) is 20.2. The molecule has 2 rings (SSSR count). The average molecular weight is 375 g/mol. The van der Waals surface area contributed by atoms with Crippen molar-refractivity contribution in [1.82, 2.24) is 9.88 Å². The lowest BCUT2D eigenvalue weighted by Crippen LogP contribution is -2.46. The Balaban J connectivity index is 2.06. The van der Waals surface area contributed by atoms with Crippen LogP contribution < -0.4 is 16.2 Å². The summed E-state index contributed by atoms with van der Waals surface area (Å²) < 4.78 is 14.4. The number of rotatable bonds is 7. The molecule has 0 radical (unpaired) electrons. The quantitative estimate of drug-likeness (QED) is 0.693. The predicted octanol–water partition coefficient (Wildman–Crippen LogP) is 2.80. The van der Waals surface area contributed by atoms with Crippen LogP contribution in [0.5, 0.6) is 0 Å². The van der Waals surface area contributed by atoms with Crippen molar-refractivity contribution in [3.8, 4) is 0 Å². The third-order valence-electron chi connectivity index (χ3n) is 3.95. The van der Waals surface area contributed by atoms with Gasteiger partial charge in [0.15, 0.2) is 0 Å². The molecule has 0 aliphatic carbocycles. The third-order valence-corrected chi connectivity index (χ3v) is 3.95. The van der Waals surface area contributed by atoms with Crippen LogP contribution in [0.3, 0.4) is 0 Å². The molecule has 2 amide bonds. The van der Waals surface area contributed by atoms with Gasteiger partial charge in [-0.1, -0.05) is 12.1 Å². The van der Waals surface area contributed by atoms with Crippen molar-refractivity contribution in [2.24, 2.45) is 0 Å². The Bertz CT molecular complexity index is 875. The molecule has 27 heavy (non-hydrogen) atoms. The summed E-state index contributed by atoms with van der Waals surface area (Å²) in [5, 5.41) is 13.9. The van der Waals surface area contributed by atoms with Gasteiger partial charge in [-0.05, 0) is 50.1 Å². The van der Waals surface area contributed by atoms with Crippen LogP contribution >= 0.6 is 0 Å². The van der Waals surface area contributed by atoms with Crippen LogP contribution in [0.1, 0.15) is 32.3 Å². The summed E-state index contributed by atoms with van der Waals surface area (Å²) in [5.74, 6) is -1.30. The molecule has 144 valence electrons. The lowest BCUT2D eigenvalue weighted by molar-refractivity contribution is -0.137. The van der Waals surface area contributed by atoms with Gasteiger partial charge < -0.3 is 20.3 Å². The molecule has 1 aromatic heterocycles. The number of hydrogen-bond acceptors (Lipinski definition) is 3. The van der Waals surface area contributed by atoms with Crippen LogP contribution in [0, 0.1) is 5.82 Å². The maximum atomic E-state index is 13.0. The highest BCUT2D eigenvalue weighted by Gasteiger charge is 2.22. The van der Waals surface area contributed by atoms with E-state index in [4.69, 9.17) is 5.11 Å². The summed E-state index contributed by atoms with van der Waals surface area (Å²) in [5.41, 5.74) is -0.314. The molecule has 1 aromatic carbocycles. The zero-order valence-corrected chi connectivity index (χ0v) is 15.2. The predicted molar refractivity (Wildman–Crippen MR) is 99.3 cm³/mol. The molecule has 3 N–H and O–H groups in total. The summed E-state index contributed by atoms with van der Waals surface area (Å²) >= 11 is 0. The number of pyridine rings is 1. The van der Waals surface area contributed by atoms with Gasteiger partial charge in [0, 0.05) is 18.2 Å². The Morgan fingerprint density at radius 3 is 2.48 bits per heavy atom. The largest absolute Gasteiger partial charge is 0.481 e. The molecule has 0 fully saturated rings. The highest BCUT2D eigenvalue weighted by atomic mass is 19.1. The molecule has 0 aliphatic rings. The summed E-state index contributed by atoms with van der Waals surface area (Å²) in [6.07, 6.45) is 1.74. The number of hydrogen-bond donors (Lipinski definition) is 3. The molecule has 0 spiro atoms. The fraction of sp³-hybridized carbons (Fsp3) is 0.316. The maximum absolute atomic E-state index is 13.0. The lowest BCUT2D eigenvalue weighted by atomic mass is 9.99. The van der Waals surface area contributed by atoms with Gasteiger partial charge in [0.05, 0.1) is 6.54 Å². The third kappa shape index (κ3) is 6.25. The number of nitrogens with zero attached hydrogens (tertiary/aromatic N) is 1. The number of halogens is 1. The molecule has 0 atom stereocenters. The summed E-state index contributed by atoms with van der Waals surface area (Å²) in [4.78, 5) is 35.4. The van der Waals surface area contributed by atoms with E-state index in [1.165, 1.54) is 22.8 Å². The van der Waals surface area contributed by atoms with Gasteiger partial charge in [-0.2, -0.15) is 0 Å². The summed E-state index contributed by atoms with van der Waals surface area (Å²) in [6, 6.07) is 8.30. The van der Waals surface area contributed by atoms with Gasteiger partial charge in [-0.25, -0.2) is 9.18 Å². The number of aromatic nitrogens is 1. The number of benzene rings is 1. The lowest BCUT2D eigenvalue weighted by Gasteiger charge is -2.25. The van der Waals surface area contributed by atoms with Crippen LogP contribution in [0.4, 0.5) is 14.9 Å². The second-order valence-electron chi connectivity index (χ2n) is 6.84. The van der Waals surface area contributed by atoms with Crippen LogP contribution in [0.25, 0.3) is 0 Å². The smallest absolute Gasteiger partial charge is 0.319 e. The SMILES string of the molecule is CC(C)(CCC(=O)O)NC(=O)Nc1cccn(Cc2ccc(F)cc2)c1=O. The second-order valence-corrected chi connectivity index (χ2v) is 6.84. The number of nitrogens with one attached hydrogen (secondary N) is 2. The van der Waals surface area contributed by atoms with Crippen LogP contribution in [-0.4, -0.2) is 27.2 Å². The van der Waals surface area contributed by atoms with E-state index in [1.54, 1.807) is 38.2 Å². The van der Waals surface area contributed by atoms with Gasteiger partial charge >= 0.3 is 12.0 Å². The molecular formula is C19H22FN3O4. The molecular weight excluding hydrogens is 353 g/mol. The van der Waals surface area contributed by atoms with Crippen LogP contribution in [-0.2, 0) is 11.3 Å². The zero-order valence-electron chi connectivity index (χ0n) is 15.2. The number of carboxylic acids is 1. The molecule has 0 aliphatic heterocycles. The van der Waals surface area contributed by atoms with Crippen molar-refractivity contribution in [2.75, 3.05) is 5.32 Å². The molecule has 1 heterocycles. The number of carbonyl (C=O) groups excluding carboxylic acids is 1. The normalized spacial score (nSPS) is 11.1. The summed E-state index contributed by atoms with van der Waals surface area (Å²) in [7, 11) is 0. The van der Waals surface area contributed by atoms with E-state index in [0.717, 1.165) is 5.56 Å². The number of anilines is 1. The van der Waals surface area contributed by atoms with E-state index in [1.807, 2.05) is 0 Å². The standard InChI is InChI=1S/C19H22FN3O4/c1-19(2,10-9-16(24)25)22-18(27)21-15-4-3-11-23(17(15)26)12-13-5-7-14(20)8-6-13/h3-8,11H,9-10,12H2,1-2H3,(H,24,25)(H2,21,22,27). The van der Waals surface area contributed by atoms with E-state index >= 15 is 0 Å². The zero-order chi connectivity index (χ0) is 20.0. The molecule has 0 bridgehead atoms. The van der Waals surface area contributed by atoms with Crippen molar-refractivity contribution in [2.45, 2.75) is 38.8 Å². The van der Waals surface area contributed by atoms with Crippen molar-refractivity contribution in [1.29, 1.82) is 0 Å². The van der Waals surface area contributed by atoms with Gasteiger partial charge in [0.25, 0.3) is 5.56 Å². The molecule has 0 saturated heterocycles. The van der Waals surface area contributed by atoms with Gasteiger partial charge in [-0.3, -0.25) is 9.59 Å². The summed E-state index contributed by atoms with van der Waals surface area (Å²) in [6.45, 7) is 3.64. The maximum Gasteiger partial charge on any atom is 0.319 e. The highest BCUT2D eigenvalue weighted by molar-refractivity contribution is 5.89. The van der Waals surface area contributed by atoms with E-state index in [2.05, 4.69) is 10.6 Å². The fourth-order valence-corrected chi connectivity index (χ4v) is 2.49. The van der Waals surface area contributed by atoms with E-state index in [9.17, 15) is 18.8 Å². The first-order chi connectivity index (χ1) is 12.7. The number of amides is 2. The van der Waals surface area contributed by atoms with Crippen molar-refractivity contribution < 1.29 is 19.1 Å². The van der Waals surface area contributed by atoms with Crippen LogP contribution in [0.2, 0.25) is 0 Å². The molecule has 0 saturated carbocycles. The second kappa shape index (κ2) is 8.48. The molecule has 8 heteroatoms. The number of urea groups is 1. The fourth-order valence-electron chi connectivity index (χ4n) is 2.49. The first-order valence-electron chi connectivity index (χ1n) is 8.41. The minimum atomic E-state index is -0.947. The minimum absolute atomic E-state index is 0.0803. The van der Waals surface area contributed by atoms with Crippen molar-refractivity contribution in [3.63, 3.8) is 0 Å². The van der Waals surface area contributed by atoms with E-state index in [0.29, 0.717) is 0 Å². The van der Waals surface area contributed by atoms with E-state index in [-0.39, 0.29) is 30.9 Å².